The zero-order valence-electron chi connectivity index (χ0n) is 11.1. The summed E-state index contributed by atoms with van der Waals surface area (Å²) >= 11 is 0. The van der Waals surface area contributed by atoms with E-state index < -0.39 is 0 Å². The standard InChI is InChI=1S/C16H21NO/c1-10-7-8-14(18)16-13(9-11(2)15(10)16)17-12-5-3-4-6-12/h3-4,7-8,11-13,17-18H,5-6,9H2,1-2H3. The van der Waals surface area contributed by atoms with Gasteiger partial charge in [-0.3, -0.25) is 0 Å². The molecule has 96 valence electrons. The molecule has 0 saturated heterocycles. The van der Waals surface area contributed by atoms with Crippen LogP contribution in [0.3, 0.4) is 0 Å². The number of hydrogen-bond donors (Lipinski definition) is 2. The van der Waals surface area contributed by atoms with E-state index in [9.17, 15) is 5.11 Å². The molecule has 18 heavy (non-hydrogen) atoms. The van der Waals surface area contributed by atoms with Gasteiger partial charge in [0, 0.05) is 17.6 Å². The molecule has 0 saturated carbocycles. The van der Waals surface area contributed by atoms with Crippen LogP contribution in [-0.2, 0) is 0 Å². The lowest BCUT2D eigenvalue weighted by atomic mass is 9.97. The van der Waals surface area contributed by atoms with E-state index in [1.807, 2.05) is 12.1 Å². The van der Waals surface area contributed by atoms with Gasteiger partial charge in [0.25, 0.3) is 0 Å². The molecule has 3 rings (SSSR count). The van der Waals surface area contributed by atoms with Crippen molar-refractivity contribution in [2.75, 3.05) is 0 Å². The number of hydrogen-bond acceptors (Lipinski definition) is 2. The summed E-state index contributed by atoms with van der Waals surface area (Å²) in [6.07, 6.45) is 7.82. The first kappa shape index (κ1) is 11.8. The minimum atomic E-state index is 0.319. The first-order valence-electron chi connectivity index (χ1n) is 6.90. The van der Waals surface area contributed by atoms with E-state index in [0.29, 0.717) is 23.8 Å². The number of phenolic OH excluding ortho intramolecular Hbond substituents is 1. The second-order valence-electron chi connectivity index (χ2n) is 5.72. The molecule has 0 fully saturated rings. The Balaban J connectivity index is 1.90. The van der Waals surface area contributed by atoms with E-state index in [-0.39, 0.29) is 0 Å². The van der Waals surface area contributed by atoms with Crippen molar-refractivity contribution in [1.82, 2.24) is 5.32 Å². The second-order valence-corrected chi connectivity index (χ2v) is 5.72. The first-order valence-corrected chi connectivity index (χ1v) is 6.90. The number of phenols is 1. The van der Waals surface area contributed by atoms with Crippen molar-refractivity contribution < 1.29 is 5.11 Å². The van der Waals surface area contributed by atoms with E-state index in [2.05, 4.69) is 31.3 Å². The lowest BCUT2D eigenvalue weighted by Crippen LogP contribution is -2.29. The highest BCUT2D eigenvalue weighted by molar-refractivity contribution is 5.51. The fourth-order valence-electron chi connectivity index (χ4n) is 3.53. The molecule has 0 spiro atoms. The van der Waals surface area contributed by atoms with Crippen molar-refractivity contribution in [3.05, 3.63) is 41.0 Å². The van der Waals surface area contributed by atoms with Crippen LogP contribution in [0, 0.1) is 6.92 Å². The van der Waals surface area contributed by atoms with E-state index in [0.717, 1.165) is 24.8 Å². The maximum absolute atomic E-state index is 10.2. The molecule has 1 aromatic carbocycles. The van der Waals surface area contributed by atoms with Gasteiger partial charge in [-0.2, -0.15) is 0 Å². The molecule has 2 N–H and O–H groups in total. The molecule has 0 heterocycles. The lowest BCUT2D eigenvalue weighted by Gasteiger charge is -2.20. The van der Waals surface area contributed by atoms with E-state index in [1.54, 1.807) is 0 Å². The molecule has 0 aromatic heterocycles. The molecular formula is C16H21NO. The van der Waals surface area contributed by atoms with Crippen LogP contribution in [0.25, 0.3) is 0 Å². The molecule has 2 nitrogen and oxygen atoms in total. The Bertz CT molecular complexity index is 484. The maximum atomic E-state index is 10.2. The summed E-state index contributed by atoms with van der Waals surface area (Å²) in [6, 6.07) is 4.74. The quantitative estimate of drug-likeness (QED) is 0.778. The molecule has 0 amide bonds. The molecule has 0 bridgehead atoms. The summed E-state index contributed by atoms with van der Waals surface area (Å²) in [5.74, 6) is 1.00. The van der Waals surface area contributed by atoms with Gasteiger partial charge in [0.1, 0.15) is 5.75 Å². The lowest BCUT2D eigenvalue weighted by molar-refractivity contribution is 0.412. The van der Waals surface area contributed by atoms with Gasteiger partial charge in [0.15, 0.2) is 0 Å². The number of aromatic hydroxyl groups is 1. The summed E-state index contributed by atoms with van der Waals surface area (Å²) in [6.45, 7) is 4.41. The number of benzene rings is 1. The van der Waals surface area contributed by atoms with Gasteiger partial charge in [-0.05, 0) is 49.3 Å². The van der Waals surface area contributed by atoms with E-state index in [1.165, 1.54) is 11.1 Å². The second kappa shape index (κ2) is 4.43. The normalized spacial score (nSPS) is 26.8. The van der Waals surface area contributed by atoms with Gasteiger partial charge in [0.05, 0.1) is 0 Å². The number of nitrogens with one attached hydrogen (secondary N) is 1. The van der Waals surface area contributed by atoms with Crippen molar-refractivity contribution in [3.8, 4) is 5.75 Å². The van der Waals surface area contributed by atoms with Crippen LogP contribution in [-0.4, -0.2) is 11.1 Å². The Kier molecular flexibility index (Phi) is 2.90. The van der Waals surface area contributed by atoms with Gasteiger partial charge in [-0.15, -0.1) is 0 Å². The van der Waals surface area contributed by atoms with Crippen LogP contribution in [0.4, 0.5) is 0 Å². The van der Waals surface area contributed by atoms with Crippen molar-refractivity contribution in [2.45, 2.75) is 51.1 Å². The van der Waals surface area contributed by atoms with Gasteiger partial charge < -0.3 is 10.4 Å². The summed E-state index contributed by atoms with van der Waals surface area (Å²) in [7, 11) is 0. The number of fused-ring (bicyclic) bond motifs is 1. The fraction of sp³-hybridized carbons (Fsp3) is 0.500. The largest absolute Gasteiger partial charge is 0.508 e. The fourth-order valence-corrected chi connectivity index (χ4v) is 3.53. The smallest absolute Gasteiger partial charge is 0.120 e. The van der Waals surface area contributed by atoms with Crippen LogP contribution in [0.2, 0.25) is 0 Å². The maximum Gasteiger partial charge on any atom is 0.120 e. The van der Waals surface area contributed by atoms with Gasteiger partial charge in [-0.1, -0.05) is 25.1 Å². The van der Waals surface area contributed by atoms with Crippen LogP contribution in [0.5, 0.6) is 5.75 Å². The molecular weight excluding hydrogens is 222 g/mol. The Morgan fingerprint density at radius 3 is 2.61 bits per heavy atom. The minimum Gasteiger partial charge on any atom is -0.508 e. The van der Waals surface area contributed by atoms with Gasteiger partial charge >= 0.3 is 0 Å². The third-order valence-corrected chi connectivity index (χ3v) is 4.36. The average molecular weight is 243 g/mol. The summed E-state index contributed by atoms with van der Waals surface area (Å²) in [5.41, 5.74) is 3.82. The highest BCUT2D eigenvalue weighted by Gasteiger charge is 2.33. The summed E-state index contributed by atoms with van der Waals surface area (Å²) < 4.78 is 0. The Hall–Kier alpha value is -1.28. The number of rotatable bonds is 2. The predicted octanol–water partition coefficient (Wildman–Crippen LogP) is 3.56. The Morgan fingerprint density at radius 1 is 1.17 bits per heavy atom. The molecule has 1 aromatic rings. The van der Waals surface area contributed by atoms with Gasteiger partial charge in [0.2, 0.25) is 0 Å². The molecule has 2 atom stereocenters. The van der Waals surface area contributed by atoms with E-state index in [4.69, 9.17) is 0 Å². The van der Waals surface area contributed by atoms with Gasteiger partial charge in [-0.25, -0.2) is 0 Å². The highest BCUT2D eigenvalue weighted by Crippen LogP contribution is 2.46. The molecule has 0 radical (unpaired) electrons. The van der Waals surface area contributed by atoms with Crippen LogP contribution >= 0.6 is 0 Å². The third kappa shape index (κ3) is 1.85. The zero-order chi connectivity index (χ0) is 12.7. The molecule has 2 unspecified atom stereocenters. The number of aryl methyl sites for hydroxylation is 1. The van der Waals surface area contributed by atoms with E-state index >= 15 is 0 Å². The topological polar surface area (TPSA) is 32.3 Å². The van der Waals surface area contributed by atoms with Crippen LogP contribution in [0.15, 0.2) is 24.3 Å². The molecule has 2 heteroatoms. The predicted molar refractivity (Wildman–Crippen MR) is 73.9 cm³/mol. The SMILES string of the molecule is Cc1ccc(O)c2c1C(C)CC2NC1CC=CC1. The third-order valence-electron chi connectivity index (χ3n) is 4.36. The monoisotopic (exact) mass is 243 g/mol. The van der Waals surface area contributed by atoms with Crippen LogP contribution < -0.4 is 5.32 Å². The average Bonchev–Trinajstić information content (AvgIpc) is 2.93. The minimum absolute atomic E-state index is 0.319. The molecule has 0 aliphatic heterocycles. The summed E-state index contributed by atoms with van der Waals surface area (Å²) in [5, 5.41) is 13.9. The highest BCUT2D eigenvalue weighted by atomic mass is 16.3. The zero-order valence-corrected chi connectivity index (χ0v) is 11.1. The van der Waals surface area contributed by atoms with Crippen molar-refractivity contribution in [2.24, 2.45) is 0 Å². The Labute approximate surface area is 109 Å². The van der Waals surface area contributed by atoms with Crippen LogP contribution in [0.1, 0.15) is 54.8 Å². The first-order chi connectivity index (χ1) is 8.66. The van der Waals surface area contributed by atoms with Crippen molar-refractivity contribution >= 4 is 0 Å². The Morgan fingerprint density at radius 2 is 1.89 bits per heavy atom. The molecule has 2 aliphatic rings. The van der Waals surface area contributed by atoms with Crippen molar-refractivity contribution in [1.29, 1.82) is 0 Å². The molecule has 2 aliphatic carbocycles. The van der Waals surface area contributed by atoms with Crippen molar-refractivity contribution in [3.63, 3.8) is 0 Å². The summed E-state index contributed by atoms with van der Waals surface area (Å²) in [4.78, 5) is 0.